The van der Waals surface area contributed by atoms with E-state index in [1.54, 1.807) is 0 Å². The summed E-state index contributed by atoms with van der Waals surface area (Å²) in [6.45, 7) is -0.218. The summed E-state index contributed by atoms with van der Waals surface area (Å²) in [6.07, 6.45) is 0. The summed E-state index contributed by atoms with van der Waals surface area (Å²) in [5.41, 5.74) is 5.75. The average molecular weight is 310 g/mol. The van der Waals surface area contributed by atoms with E-state index < -0.39 is 15.8 Å². The van der Waals surface area contributed by atoms with Gasteiger partial charge in [-0.25, -0.2) is 12.8 Å². The van der Waals surface area contributed by atoms with Crippen LogP contribution >= 0.6 is 0 Å². The largest absolute Gasteiger partial charge is 0.508 e. The number of rotatable bonds is 4. The van der Waals surface area contributed by atoms with Crippen molar-refractivity contribution in [3.05, 3.63) is 53.8 Å². The van der Waals surface area contributed by atoms with Crippen LogP contribution in [0, 0.1) is 5.82 Å². The highest BCUT2D eigenvalue weighted by atomic mass is 32.2. The van der Waals surface area contributed by atoms with Crippen LogP contribution in [0.3, 0.4) is 0 Å². The maximum atomic E-state index is 13.7. The molecule has 0 aromatic heterocycles. The van der Waals surface area contributed by atoms with Crippen LogP contribution in [0.5, 0.6) is 5.75 Å². The van der Waals surface area contributed by atoms with Crippen LogP contribution in [-0.2, 0) is 16.6 Å². The molecule has 0 amide bonds. The number of sulfonamides is 1. The lowest BCUT2D eigenvalue weighted by atomic mass is 10.2. The Hall–Kier alpha value is -2.12. The molecule has 0 bridgehead atoms. The molecule has 0 fully saturated rings. The molecule has 2 aromatic carbocycles. The molecule has 0 aliphatic heterocycles. The Labute approximate surface area is 122 Å². The highest BCUT2D eigenvalue weighted by molar-refractivity contribution is 7.92. The molecule has 0 radical (unpaired) electrons. The molecule has 2 rings (SSSR count). The van der Waals surface area contributed by atoms with Crippen molar-refractivity contribution in [3.8, 4) is 5.75 Å². The minimum atomic E-state index is -3.94. The van der Waals surface area contributed by atoms with E-state index in [1.807, 2.05) is 0 Å². The first-order chi connectivity index (χ1) is 9.87. The standard InChI is InChI=1S/C14H15FN2O3S/c1-17(10-5-7-11(18)8-6-10)21(19,20)14-4-2-3-13(15)12(14)9-16/h2-8,18H,9,16H2,1H3. The lowest BCUT2D eigenvalue weighted by Gasteiger charge is -2.21. The number of hydrogen-bond acceptors (Lipinski definition) is 4. The summed E-state index contributed by atoms with van der Waals surface area (Å²) in [5.74, 6) is -0.629. The maximum Gasteiger partial charge on any atom is 0.264 e. The summed E-state index contributed by atoms with van der Waals surface area (Å²) in [6, 6.07) is 9.46. The number of hydrogen-bond donors (Lipinski definition) is 2. The molecule has 0 unspecified atom stereocenters. The van der Waals surface area contributed by atoms with Gasteiger partial charge in [0, 0.05) is 19.2 Å². The SMILES string of the molecule is CN(c1ccc(O)cc1)S(=O)(=O)c1cccc(F)c1CN. The Morgan fingerprint density at radius 3 is 2.38 bits per heavy atom. The second kappa shape index (κ2) is 5.71. The van der Waals surface area contributed by atoms with Gasteiger partial charge in [0.05, 0.1) is 10.6 Å². The fraction of sp³-hybridized carbons (Fsp3) is 0.143. The highest BCUT2D eigenvalue weighted by Gasteiger charge is 2.25. The van der Waals surface area contributed by atoms with Crippen LogP contribution in [0.1, 0.15) is 5.56 Å². The Kier molecular flexibility index (Phi) is 4.15. The fourth-order valence-corrected chi connectivity index (χ4v) is 3.36. The lowest BCUT2D eigenvalue weighted by molar-refractivity contribution is 0.475. The Morgan fingerprint density at radius 2 is 1.81 bits per heavy atom. The second-order valence-corrected chi connectivity index (χ2v) is 6.35. The van der Waals surface area contributed by atoms with E-state index in [1.165, 1.54) is 49.5 Å². The van der Waals surface area contributed by atoms with Crippen LogP contribution in [-0.4, -0.2) is 20.6 Å². The van der Waals surface area contributed by atoms with Gasteiger partial charge in [-0.05, 0) is 36.4 Å². The van der Waals surface area contributed by atoms with Crippen LogP contribution in [0.15, 0.2) is 47.4 Å². The van der Waals surface area contributed by atoms with Crippen molar-refractivity contribution in [1.82, 2.24) is 0 Å². The molecule has 7 heteroatoms. The molecular weight excluding hydrogens is 295 g/mol. The van der Waals surface area contributed by atoms with Gasteiger partial charge in [-0.3, -0.25) is 4.31 Å². The molecule has 0 saturated heterocycles. The van der Waals surface area contributed by atoms with E-state index in [0.717, 1.165) is 4.31 Å². The molecule has 0 saturated carbocycles. The van der Waals surface area contributed by atoms with Gasteiger partial charge in [0.1, 0.15) is 11.6 Å². The Bertz CT molecular complexity index is 745. The number of halogens is 1. The zero-order valence-corrected chi connectivity index (χ0v) is 12.1. The molecule has 0 atom stereocenters. The molecule has 3 N–H and O–H groups in total. The van der Waals surface area contributed by atoms with E-state index in [0.29, 0.717) is 5.69 Å². The van der Waals surface area contributed by atoms with Gasteiger partial charge in [-0.15, -0.1) is 0 Å². The zero-order valence-electron chi connectivity index (χ0n) is 11.3. The van der Waals surface area contributed by atoms with Crippen molar-refractivity contribution in [2.45, 2.75) is 11.4 Å². The number of phenols is 1. The second-order valence-electron chi connectivity index (χ2n) is 4.41. The van der Waals surface area contributed by atoms with Crippen molar-refractivity contribution < 1.29 is 17.9 Å². The first-order valence-electron chi connectivity index (χ1n) is 6.13. The predicted molar refractivity (Wildman–Crippen MR) is 78.0 cm³/mol. The third-order valence-corrected chi connectivity index (χ3v) is 5.00. The molecule has 0 heterocycles. The molecular formula is C14H15FN2O3S. The molecule has 0 spiro atoms. The number of anilines is 1. The highest BCUT2D eigenvalue weighted by Crippen LogP contribution is 2.26. The number of phenolic OH excluding ortho intramolecular Hbond substituents is 1. The van der Waals surface area contributed by atoms with Crippen molar-refractivity contribution in [2.24, 2.45) is 5.73 Å². The van der Waals surface area contributed by atoms with Gasteiger partial charge in [0.15, 0.2) is 0 Å². The third kappa shape index (κ3) is 2.84. The Morgan fingerprint density at radius 1 is 1.19 bits per heavy atom. The van der Waals surface area contributed by atoms with Crippen LogP contribution in [0.2, 0.25) is 0 Å². The summed E-state index contributed by atoms with van der Waals surface area (Å²) in [5, 5.41) is 9.24. The van der Waals surface area contributed by atoms with Gasteiger partial charge in [-0.1, -0.05) is 6.07 Å². The van der Waals surface area contributed by atoms with E-state index in [9.17, 15) is 17.9 Å². The van der Waals surface area contributed by atoms with E-state index in [4.69, 9.17) is 5.73 Å². The molecule has 0 aliphatic rings. The third-order valence-electron chi connectivity index (χ3n) is 3.13. The zero-order chi connectivity index (χ0) is 15.6. The molecule has 112 valence electrons. The topological polar surface area (TPSA) is 83.6 Å². The Balaban J connectivity index is 2.52. The number of aromatic hydroxyl groups is 1. The average Bonchev–Trinajstić information content (AvgIpc) is 2.47. The number of nitrogens with two attached hydrogens (primary N) is 1. The van der Waals surface area contributed by atoms with Gasteiger partial charge in [-0.2, -0.15) is 0 Å². The van der Waals surface area contributed by atoms with Gasteiger partial charge in [0.2, 0.25) is 0 Å². The molecule has 5 nitrogen and oxygen atoms in total. The summed E-state index contributed by atoms with van der Waals surface area (Å²) in [7, 11) is -2.58. The van der Waals surface area contributed by atoms with Crippen molar-refractivity contribution in [1.29, 1.82) is 0 Å². The van der Waals surface area contributed by atoms with Crippen LogP contribution < -0.4 is 10.0 Å². The maximum absolute atomic E-state index is 13.7. The van der Waals surface area contributed by atoms with Crippen molar-refractivity contribution >= 4 is 15.7 Å². The van der Waals surface area contributed by atoms with Crippen molar-refractivity contribution in [3.63, 3.8) is 0 Å². The van der Waals surface area contributed by atoms with Gasteiger partial charge in [0.25, 0.3) is 10.0 Å². The summed E-state index contributed by atoms with van der Waals surface area (Å²) >= 11 is 0. The molecule has 21 heavy (non-hydrogen) atoms. The molecule has 0 aliphatic carbocycles. The first-order valence-corrected chi connectivity index (χ1v) is 7.57. The fourth-order valence-electron chi connectivity index (χ4n) is 1.93. The lowest BCUT2D eigenvalue weighted by Crippen LogP contribution is -2.28. The minimum absolute atomic E-state index is 0.0259. The predicted octanol–water partition coefficient (Wildman–Crippen LogP) is 1.82. The summed E-state index contributed by atoms with van der Waals surface area (Å²) < 4.78 is 39.9. The molecule has 2 aromatic rings. The van der Waals surface area contributed by atoms with E-state index >= 15 is 0 Å². The number of benzene rings is 2. The van der Waals surface area contributed by atoms with E-state index in [2.05, 4.69) is 0 Å². The number of nitrogens with zero attached hydrogens (tertiary/aromatic N) is 1. The van der Waals surface area contributed by atoms with Crippen LogP contribution in [0.4, 0.5) is 10.1 Å². The monoisotopic (exact) mass is 310 g/mol. The smallest absolute Gasteiger partial charge is 0.264 e. The van der Waals surface area contributed by atoms with Crippen molar-refractivity contribution in [2.75, 3.05) is 11.4 Å². The van der Waals surface area contributed by atoms with Gasteiger partial charge < -0.3 is 10.8 Å². The normalized spacial score (nSPS) is 11.4. The first kappa shape index (κ1) is 15.3. The summed E-state index contributed by atoms with van der Waals surface area (Å²) in [4.78, 5) is -0.166. The van der Waals surface area contributed by atoms with Gasteiger partial charge >= 0.3 is 0 Å². The quantitative estimate of drug-likeness (QED) is 0.902. The van der Waals surface area contributed by atoms with E-state index in [-0.39, 0.29) is 22.8 Å². The van der Waals surface area contributed by atoms with Crippen LogP contribution in [0.25, 0.3) is 0 Å². The minimum Gasteiger partial charge on any atom is -0.508 e.